The minimum atomic E-state index is -0.874. The summed E-state index contributed by atoms with van der Waals surface area (Å²) in [7, 11) is 0. The van der Waals surface area contributed by atoms with Crippen molar-refractivity contribution in [1.82, 2.24) is 34.8 Å². The molecule has 4 fully saturated rings. The van der Waals surface area contributed by atoms with Crippen LogP contribution in [0.15, 0.2) is 159 Å². The van der Waals surface area contributed by atoms with Crippen LogP contribution in [-0.2, 0) is 47.9 Å². The molecular weight excluding hydrogens is 1240 g/mol. The first kappa shape index (κ1) is 68.3. The third kappa shape index (κ3) is 16.1. The Bertz CT molecular complexity index is 4740. The van der Waals surface area contributed by atoms with Gasteiger partial charge in [-0.05, 0) is 173 Å². The average Bonchev–Trinajstić information content (AvgIpc) is 1.29. The zero-order valence-electron chi connectivity index (χ0n) is 52.6. The molecule has 4 bridgehead atoms. The summed E-state index contributed by atoms with van der Waals surface area (Å²) in [5.74, 6) is -2.48. The number of ether oxygens (including phenoxy) is 2. The van der Waals surface area contributed by atoms with Crippen molar-refractivity contribution >= 4 is 102 Å². The van der Waals surface area contributed by atoms with Gasteiger partial charge in [-0.2, -0.15) is 0 Å². The van der Waals surface area contributed by atoms with Crippen LogP contribution < -0.4 is 0 Å². The molecule has 2 saturated carbocycles. The number of H-pyrrole nitrogens is 6. The summed E-state index contributed by atoms with van der Waals surface area (Å²) in [5.41, 5.74) is 7.29. The van der Waals surface area contributed by atoms with E-state index < -0.39 is 17.5 Å². The molecule has 22 heteroatoms. The van der Waals surface area contributed by atoms with Crippen LogP contribution in [0.1, 0.15) is 97.8 Å². The number of halogens is 6. The smallest absolute Gasteiger partial charge is 0.330 e. The second-order valence-corrected chi connectivity index (χ2v) is 23.6. The lowest BCUT2D eigenvalue weighted by Gasteiger charge is -2.59. The Morgan fingerprint density at radius 3 is 1.39 bits per heavy atom. The number of aromatic amines is 6. The predicted octanol–water partition coefficient (Wildman–Crippen LogP) is 15.6. The number of aldehydes is 1. The Balaban J connectivity index is 0.000000128. The molecule has 1 amide bonds. The largest absolute Gasteiger partial charge is 0.481 e. The third-order valence-corrected chi connectivity index (χ3v) is 17.2. The molecule has 8 N–H and O–H groups in total. The highest BCUT2D eigenvalue weighted by Crippen LogP contribution is 2.51. The Labute approximate surface area is 546 Å². The van der Waals surface area contributed by atoms with Gasteiger partial charge in [0.15, 0.2) is 6.29 Å². The number of carbonyl (C=O) groups excluding carboxylic acids is 4. The molecular formula is C74H71F6N7O9. The van der Waals surface area contributed by atoms with Crippen molar-refractivity contribution in [3.05, 3.63) is 221 Å². The van der Waals surface area contributed by atoms with Crippen LogP contribution in [0.4, 0.5) is 26.3 Å². The number of aromatic nitrogens is 6. The van der Waals surface area contributed by atoms with E-state index in [0.29, 0.717) is 117 Å². The minimum Gasteiger partial charge on any atom is -0.481 e. The van der Waals surface area contributed by atoms with Crippen molar-refractivity contribution in [2.45, 2.75) is 102 Å². The van der Waals surface area contributed by atoms with E-state index in [1.165, 1.54) is 48.7 Å². The molecule has 2 unspecified atom stereocenters. The van der Waals surface area contributed by atoms with E-state index >= 15 is 0 Å². The maximum absolute atomic E-state index is 14.1. The number of hydrogen-bond acceptors (Lipinski definition) is 8. The molecule has 2 aliphatic heterocycles. The van der Waals surface area contributed by atoms with Crippen molar-refractivity contribution < 1.29 is 70.0 Å². The van der Waals surface area contributed by atoms with E-state index in [-0.39, 0.29) is 71.7 Å². The van der Waals surface area contributed by atoms with Crippen molar-refractivity contribution in [1.29, 1.82) is 0 Å². The number of piperidine rings is 2. The Kier molecular flexibility index (Phi) is 22.1. The normalized spacial score (nSPS) is 16.6. The molecule has 96 heavy (non-hydrogen) atoms. The molecule has 4 aliphatic rings. The highest BCUT2D eigenvalue weighted by atomic mass is 19.1. The van der Waals surface area contributed by atoms with E-state index in [1.807, 2.05) is 24.4 Å². The standard InChI is InChI=1S/C20H23FN2O2.C13H14FNO2.C13H12FNO2.C11H10FNO2.C9H6FNO.C8H6FN/c21-16-2-1-3-17-19(16)13(11-22-17)4-5-18(24)23-14-6-12-7-15(23)10-20(25,8-12)9-14;2*1-2-17-12(16)7-6-9-8-15-11-5-3-4-10(14)13(9)11;12-8-2-1-3-9-11(8)7(6-13-9)4-5-10(14)15;10-7-2-1-3-8-9(7)6(5-12)4-11-8;9-7-2-1-3-8-6(7)4-5-10-8/h1-3,11-12,14-15,22,25H,4-10H2;3-5,8,15H,2,6-7H2,1H3;3-8,15H,2H2,1H3;1-3,6,13H,4-5H2,(H,14,15);1-5,11H;1-5,10H/b;;7-6+;;;. The fourth-order valence-corrected chi connectivity index (χ4v) is 13.2. The van der Waals surface area contributed by atoms with Gasteiger partial charge in [0.05, 0.1) is 18.8 Å². The predicted molar refractivity (Wildman–Crippen MR) is 356 cm³/mol. The quantitative estimate of drug-likeness (QED) is 0.0223. The molecule has 16 rings (SSSR count). The maximum Gasteiger partial charge on any atom is 0.330 e. The lowest BCUT2D eigenvalue weighted by atomic mass is 9.61. The van der Waals surface area contributed by atoms with Gasteiger partial charge in [-0.15, -0.1) is 0 Å². The van der Waals surface area contributed by atoms with Crippen molar-refractivity contribution in [2.24, 2.45) is 5.92 Å². The van der Waals surface area contributed by atoms with Gasteiger partial charge in [-0.3, -0.25) is 19.2 Å². The first-order chi connectivity index (χ1) is 46.3. The summed E-state index contributed by atoms with van der Waals surface area (Å²) >= 11 is 0. The van der Waals surface area contributed by atoms with E-state index in [1.54, 1.807) is 105 Å². The van der Waals surface area contributed by atoms with Crippen LogP contribution in [0.5, 0.6) is 0 Å². The van der Waals surface area contributed by atoms with Gasteiger partial charge in [-0.25, -0.2) is 31.1 Å². The summed E-state index contributed by atoms with van der Waals surface area (Å²) in [6.45, 7) is 4.20. The lowest BCUT2D eigenvalue weighted by Crippen LogP contribution is -2.65. The zero-order chi connectivity index (χ0) is 68.0. The van der Waals surface area contributed by atoms with E-state index in [9.17, 15) is 55.4 Å². The Morgan fingerprint density at radius 2 is 0.927 bits per heavy atom. The molecule has 6 aromatic carbocycles. The van der Waals surface area contributed by atoms with Gasteiger partial charge >= 0.3 is 17.9 Å². The van der Waals surface area contributed by atoms with Crippen LogP contribution in [0.25, 0.3) is 71.5 Å². The highest BCUT2D eigenvalue weighted by Gasteiger charge is 2.54. The number of nitrogens with one attached hydrogen (secondary N) is 6. The number of esters is 2. The summed E-state index contributed by atoms with van der Waals surface area (Å²) in [4.78, 5) is 75.9. The molecule has 12 aromatic rings. The van der Waals surface area contributed by atoms with Gasteiger partial charge < -0.3 is 54.5 Å². The average molecular weight is 1320 g/mol. The fourth-order valence-electron chi connectivity index (χ4n) is 13.2. The van der Waals surface area contributed by atoms with E-state index in [4.69, 9.17) is 14.6 Å². The minimum absolute atomic E-state index is 0.0152. The molecule has 0 radical (unpaired) electrons. The van der Waals surface area contributed by atoms with Gasteiger partial charge in [0, 0.05) is 151 Å². The number of carboxylic acid groups (broad SMARTS) is 1. The number of aryl methyl sites for hydroxylation is 3. The van der Waals surface area contributed by atoms with Crippen LogP contribution in [0.2, 0.25) is 0 Å². The number of amides is 1. The summed E-state index contributed by atoms with van der Waals surface area (Å²) in [5, 5.41) is 22.4. The number of aliphatic hydroxyl groups is 1. The maximum atomic E-state index is 14.1. The molecule has 498 valence electrons. The van der Waals surface area contributed by atoms with E-state index in [2.05, 4.69) is 34.8 Å². The number of fused-ring (bicyclic) bond motifs is 6. The van der Waals surface area contributed by atoms with Gasteiger partial charge in [-0.1, -0.05) is 36.4 Å². The lowest BCUT2D eigenvalue weighted by molar-refractivity contribution is -0.174. The van der Waals surface area contributed by atoms with Crippen LogP contribution in [0, 0.1) is 40.8 Å². The molecule has 2 aliphatic carbocycles. The number of carbonyl (C=O) groups is 5. The second kappa shape index (κ2) is 31.1. The number of aliphatic carboxylic acids is 1. The first-order valence-corrected chi connectivity index (χ1v) is 31.5. The fraction of sp³-hybridized carbons (Fsp3) is 0.257. The summed E-state index contributed by atoms with van der Waals surface area (Å²) in [6, 6.07) is 31.2. The highest BCUT2D eigenvalue weighted by molar-refractivity contribution is 5.98. The number of benzene rings is 6. The number of rotatable bonds is 14. The number of hydrogen-bond donors (Lipinski definition) is 8. The first-order valence-electron chi connectivity index (χ1n) is 31.5. The summed E-state index contributed by atoms with van der Waals surface area (Å²) < 4.78 is 90.2. The number of carboxylic acids is 1. The molecule has 2 saturated heterocycles. The SMILES string of the molecule is CCOC(=O)/C=C/c1c[nH]c2cccc(F)c12.CCOC(=O)CCc1c[nH]c2cccc(F)c12.Fc1cccc2[nH]ccc12.O=C(CCc1c[nH]c2cccc(F)c12)N1C2CC3CC1CC(O)(C3)C2.O=C(O)CCc1c[nH]c2cccc(F)c12.O=Cc1c[nH]c2cccc(F)c12. The van der Waals surface area contributed by atoms with Crippen LogP contribution in [0.3, 0.4) is 0 Å². The monoisotopic (exact) mass is 1320 g/mol. The zero-order valence-corrected chi connectivity index (χ0v) is 52.6. The van der Waals surface area contributed by atoms with Crippen LogP contribution >= 0.6 is 0 Å². The Morgan fingerprint density at radius 1 is 0.510 bits per heavy atom. The van der Waals surface area contributed by atoms with Crippen molar-refractivity contribution in [2.75, 3.05) is 13.2 Å². The van der Waals surface area contributed by atoms with E-state index in [0.717, 1.165) is 59.8 Å². The van der Waals surface area contributed by atoms with Gasteiger partial charge in [0.2, 0.25) is 5.91 Å². The molecule has 0 spiro atoms. The van der Waals surface area contributed by atoms with Gasteiger partial charge in [0.1, 0.15) is 34.9 Å². The van der Waals surface area contributed by atoms with Crippen LogP contribution in [-0.4, -0.2) is 106 Å². The van der Waals surface area contributed by atoms with Crippen molar-refractivity contribution in [3.8, 4) is 0 Å². The third-order valence-electron chi connectivity index (χ3n) is 17.2. The molecule has 16 nitrogen and oxygen atoms in total. The summed E-state index contributed by atoms with van der Waals surface area (Å²) in [6.07, 6.45) is 20.1. The van der Waals surface area contributed by atoms with Gasteiger partial charge in [0.25, 0.3) is 0 Å². The molecule has 6 aromatic heterocycles. The number of nitrogens with zero attached hydrogens (tertiary/aromatic N) is 1. The topological polar surface area (TPSA) is 242 Å². The second-order valence-electron chi connectivity index (χ2n) is 23.6. The Hall–Kier alpha value is -10.6. The van der Waals surface area contributed by atoms with Crippen molar-refractivity contribution in [3.63, 3.8) is 0 Å². The molecule has 2 atom stereocenters. The molecule has 8 heterocycles.